The average Bonchev–Trinajstić information content (AvgIpc) is 4.04. The Labute approximate surface area is 321 Å². The van der Waals surface area contributed by atoms with Gasteiger partial charge >= 0.3 is 0 Å². The highest BCUT2D eigenvalue weighted by molar-refractivity contribution is 4.97. The summed E-state index contributed by atoms with van der Waals surface area (Å²) in [6.07, 6.45) is 5.33. The van der Waals surface area contributed by atoms with Crippen LogP contribution in [0.5, 0.6) is 0 Å². The monoisotopic (exact) mass is 781 g/mol. The molecule has 6 heterocycles. The third kappa shape index (κ3) is 14.3. The summed E-state index contributed by atoms with van der Waals surface area (Å²) in [6.45, 7) is 11.3. The first-order chi connectivity index (χ1) is 26.6. The van der Waals surface area contributed by atoms with Gasteiger partial charge < -0.3 is 91.2 Å². The molecule has 6 saturated heterocycles. The van der Waals surface area contributed by atoms with Gasteiger partial charge in [-0.25, -0.2) is 0 Å². The highest BCUT2D eigenvalue weighted by atomic mass is 16.7. The molecule has 12 atom stereocenters. The van der Waals surface area contributed by atoms with E-state index in [1.54, 1.807) is 0 Å². The van der Waals surface area contributed by atoms with Crippen LogP contribution in [0.4, 0.5) is 0 Å². The summed E-state index contributed by atoms with van der Waals surface area (Å²) in [6, 6.07) is 0. The Morgan fingerprint density at radius 3 is 0.556 bits per heavy atom. The quantitative estimate of drug-likeness (QED) is 0.0565. The fourth-order valence-corrected chi connectivity index (χ4v) is 7.05. The Bertz CT molecular complexity index is 768. The molecule has 18 nitrogen and oxygen atoms in total. The molecule has 0 unspecified atom stereocenters. The van der Waals surface area contributed by atoms with E-state index in [0.29, 0.717) is 119 Å². The zero-order valence-electron chi connectivity index (χ0n) is 32.3. The van der Waals surface area contributed by atoms with Crippen molar-refractivity contribution in [1.82, 2.24) is 0 Å². The van der Waals surface area contributed by atoms with E-state index >= 15 is 0 Å². The molecule has 0 saturated carbocycles. The van der Waals surface area contributed by atoms with Crippen LogP contribution in [-0.2, 0) is 56.8 Å². The first-order valence-electron chi connectivity index (χ1n) is 20.2. The molecule has 6 fully saturated rings. The highest BCUT2D eigenvalue weighted by Crippen LogP contribution is 2.32. The van der Waals surface area contributed by atoms with E-state index in [-0.39, 0.29) is 73.2 Å². The molecule has 6 aliphatic rings. The lowest BCUT2D eigenvalue weighted by molar-refractivity contribution is -0.0504. The van der Waals surface area contributed by atoms with Crippen molar-refractivity contribution < 1.29 is 56.8 Å². The second kappa shape index (κ2) is 27.1. The minimum atomic E-state index is 0.00523. The fourth-order valence-electron chi connectivity index (χ4n) is 7.05. The van der Waals surface area contributed by atoms with Crippen molar-refractivity contribution >= 4 is 0 Å². The maximum absolute atomic E-state index is 5.73. The molecule has 6 aliphatic heterocycles. The number of ether oxygens (including phenoxy) is 12. The van der Waals surface area contributed by atoms with Crippen molar-refractivity contribution in [2.24, 2.45) is 34.4 Å². The third-order valence-electron chi connectivity index (χ3n) is 9.97. The van der Waals surface area contributed by atoms with E-state index < -0.39 is 0 Å². The van der Waals surface area contributed by atoms with Crippen LogP contribution >= 0.6 is 0 Å². The Balaban J connectivity index is 0.000000180. The van der Waals surface area contributed by atoms with Gasteiger partial charge in [-0.15, -0.1) is 0 Å². The zero-order chi connectivity index (χ0) is 38.4. The molecule has 0 aromatic rings. The molecule has 0 radical (unpaired) electrons. The maximum atomic E-state index is 5.73. The first kappa shape index (κ1) is 46.0. The highest BCUT2D eigenvalue weighted by Gasteiger charge is 2.50. The zero-order valence-corrected chi connectivity index (χ0v) is 32.3. The summed E-state index contributed by atoms with van der Waals surface area (Å²) >= 11 is 0. The summed E-state index contributed by atoms with van der Waals surface area (Å²) in [7, 11) is 0. The minimum absolute atomic E-state index is 0.00523. The largest absolute Gasteiger partial charge is 0.373 e. The smallest absolute Gasteiger partial charge is 0.115 e. The molecule has 18 heteroatoms. The van der Waals surface area contributed by atoms with Crippen LogP contribution in [0.15, 0.2) is 0 Å². The van der Waals surface area contributed by atoms with Gasteiger partial charge in [0.25, 0.3) is 0 Å². The molecule has 0 aromatic carbocycles. The second-order valence-corrected chi connectivity index (χ2v) is 14.1. The third-order valence-corrected chi connectivity index (χ3v) is 9.97. The van der Waals surface area contributed by atoms with Gasteiger partial charge in [0, 0.05) is 39.6 Å². The Hall–Kier alpha value is -0.720. The van der Waals surface area contributed by atoms with Crippen molar-refractivity contribution in [3.8, 4) is 0 Å². The molecular formula is C36H72N6O12. The average molecular weight is 781 g/mol. The van der Waals surface area contributed by atoms with Crippen LogP contribution in [-0.4, -0.2) is 192 Å². The predicted molar refractivity (Wildman–Crippen MR) is 199 cm³/mol. The fraction of sp³-hybridized carbons (Fsp3) is 1.00. The van der Waals surface area contributed by atoms with Gasteiger partial charge in [0.05, 0.1) is 39.6 Å². The lowest BCUT2D eigenvalue weighted by Crippen LogP contribution is -2.34. The Kier molecular flexibility index (Phi) is 23.0. The summed E-state index contributed by atoms with van der Waals surface area (Å²) in [4.78, 5) is 0. The van der Waals surface area contributed by atoms with Crippen molar-refractivity contribution in [1.29, 1.82) is 0 Å². The molecule has 54 heavy (non-hydrogen) atoms. The van der Waals surface area contributed by atoms with E-state index in [1.807, 2.05) is 0 Å². The minimum Gasteiger partial charge on any atom is -0.373 e. The standard InChI is InChI=1S/3C12H24N2O4/c3*13-3-1-5-15-9-7-17-12-10(8-18-11(9)12)16-6-2-4-14/h3*9-12H,1-8,13-14H2/t9-,10+,11-,12-;9-,10-,11+,12+;9-,10-,11-,12-/m101/s1. The van der Waals surface area contributed by atoms with Gasteiger partial charge in [-0.3, -0.25) is 0 Å². The van der Waals surface area contributed by atoms with Crippen LogP contribution in [0.1, 0.15) is 38.5 Å². The van der Waals surface area contributed by atoms with Gasteiger partial charge in [-0.05, 0) is 77.8 Å². The van der Waals surface area contributed by atoms with Crippen molar-refractivity contribution in [2.45, 2.75) is 112 Å². The van der Waals surface area contributed by atoms with E-state index in [0.717, 1.165) is 38.5 Å². The topological polar surface area (TPSA) is 267 Å². The second-order valence-electron chi connectivity index (χ2n) is 14.1. The van der Waals surface area contributed by atoms with E-state index in [4.69, 9.17) is 91.2 Å². The van der Waals surface area contributed by atoms with Crippen molar-refractivity contribution in [3.05, 3.63) is 0 Å². The van der Waals surface area contributed by atoms with Crippen LogP contribution < -0.4 is 34.4 Å². The molecule has 6 rings (SSSR count). The summed E-state index contributed by atoms with van der Waals surface area (Å²) in [5, 5.41) is 0. The van der Waals surface area contributed by atoms with Crippen molar-refractivity contribution in [2.75, 3.05) is 119 Å². The molecule has 318 valence electrons. The number of nitrogens with two attached hydrogens (primary N) is 6. The van der Waals surface area contributed by atoms with Gasteiger partial charge in [-0.2, -0.15) is 0 Å². The molecule has 0 spiro atoms. The predicted octanol–water partition coefficient (Wildman–Crippen LogP) is -2.24. The summed E-state index contributed by atoms with van der Waals surface area (Å²) in [5.74, 6) is 0. The normalized spacial score (nSPS) is 35.0. The van der Waals surface area contributed by atoms with Crippen LogP contribution in [0.2, 0.25) is 0 Å². The maximum Gasteiger partial charge on any atom is 0.115 e. The number of hydrogen-bond acceptors (Lipinski definition) is 18. The summed E-state index contributed by atoms with van der Waals surface area (Å²) < 4.78 is 68.7. The first-order valence-corrected chi connectivity index (χ1v) is 20.2. The van der Waals surface area contributed by atoms with Gasteiger partial charge in [0.15, 0.2) is 0 Å². The Morgan fingerprint density at radius 2 is 0.426 bits per heavy atom. The van der Waals surface area contributed by atoms with E-state index in [2.05, 4.69) is 0 Å². The van der Waals surface area contributed by atoms with Crippen LogP contribution in [0.25, 0.3) is 0 Å². The number of fused-ring (bicyclic) bond motifs is 3. The van der Waals surface area contributed by atoms with Gasteiger partial charge in [0.1, 0.15) is 73.2 Å². The molecular weight excluding hydrogens is 708 g/mol. The lowest BCUT2D eigenvalue weighted by atomic mass is 10.1. The SMILES string of the molecule is NCCCO[C@@H]1CO[C@H]2[C@@H]1OC[C@H]2OCCCN.NCCCO[C@H]1CO[C@H]2[C@@H]1OC[C@@H]2OCCCN.NCCCO[C@H]1CO[C@H]2[C@@H]1OC[C@H]2OCCCN. The van der Waals surface area contributed by atoms with E-state index in [9.17, 15) is 0 Å². The molecule has 0 bridgehead atoms. The molecule has 0 aromatic heterocycles. The Morgan fingerprint density at radius 1 is 0.278 bits per heavy atom. The lowest BCUT2D eigenvalue weighted by Gasteiger charge is -2.17. The van der Waals surface area contributed by atoms with E-state index in [1.165, 1.54) is 0 Å². The number of hydrogen-bond donors (Lipinski definition) is 6. The van der Waals surface area contributed by atoms with Gasteiger partial charge in [-0.1, -0.05) is 0 Å². The van der Waals surface area contributed by atoms with Crippen molar-refractivity contribution in [3.63, 3.8) is 0 Å². The molecule has 0 amide bonds. The van der Waals surface area contributed by atoms with Gasteiger partial charge in [0.2, 0.25) is 0 Å². The molecule has 0 aliphatic carbocycles. The number of rotatable bonds is 24. The summed E-state index contributed by atoms with van der Waals surface area (Å²) in [5.41, 5.74) is 32.6. The molecule has 12 N–H and O–H groups in total. The van der Waals surface area contributed by atoms with Crippen LogP contribution in [0, 0.1) is 0 Å². The van der Waals surface area contributed by atoms with Crippen LogP contribution in [0.3, 0.4) is 0 Å².